The number of primary amides is 1. The van der Waals surface area contributed by atoms with Crippen LogP contribution in [0.5, 0.6) is 11.5 Å². The zero-order valence-corrected chi connectivity index (χ0v) is 13.7. The summed E-state index contributed by atoms with van der Waals surface area (Å²) in [5.74, 6) is 1.18. The van der Waals surface area contributed by atoms with Gasteiger partial charge in [-0.15, -0.1) is 0 Å². The molecule has 1 aromatic carbocycles. The summed E-state index contributed by atoms with van der Waals surface area (Å²) in [6, 6.07) is 4.77. The Morgan fingerprint density at radius 1 is 1.17 bits per heavy atom. The fraction of sp³-hybridized carbons (Fsp3) is 0.500. The van der Waals surface area contributed by atoms with Gasteiger partial charge in [-0.2, -0.15) is 0 Å². The van der Waals surface area contributed by atoms with Crippen molar-refractivity contribution in [1.82, 2.24) is 5.32 Å². The Bertz CT molecular complexity index is 520. The van der Waals surface area contributed by atoms with Gasteiger partial charge in [-0.3, -0.25) is 4.79 Å². The van der Waals surface area contributed by atoms with Crippen LogP contribution in [0.15, 0.2) is 18.2 Å². The number of rotatable bonds is 10. The molecule has 0 fully saturated rings. The van der Waals surface area contributed by atoms with E-state index in [0.29, 0.717) is 36.8 Å². The van der Waals surface area contributed by atoms with E-state index in [0.717, 1.165) is 19.3 Å². The van der Waals surface area contributed by atoms with Gasteiger partial charge in [0.1, 0.15) is 0 Å². The molecule has 0 heterocycles. The van der Waals surface area contributed by atoms with Gasteiger partial charge in [0.05, 0.1) is 13.7 Å². The van der Waals surface area contributed by atoms with Crippen LogP contribution in [0, 0.1) is 0 Å². The second kappa shape index (κ2) is 10.3. The van der Waals surface area contributed by atoms with Gasteiger partial charge in [-0.25, -0.2) is 4.79 Å². The minimum absolute atomic E-state index is 0.0564. The number of methoxy groups -OCH3 is 1. The third-order valence-electron chi connectivity index (χ3n) is 3.13. The van der Waals surface area contributed by atoms with Crippen LogP contribution in [0.2, 0.25) is 0 Å². The smallest absolute Gasteiger partial charge is 0.312 e. The Morgan fingerprint density at radius 2 is 1.96 bits per heavy atom. The summed E-state index contributed by atoms with van der Waals surface area (Å²) < 4.78 is 10.7. The van der Waals surface area contributed by atoms with E-state index in [4.69, 9.17) is 15.2 Å². The lowest BCUT2D eigenvalue weighted by Crippen LogP contribution is -2.29. The van der Waals surface area contributed by atoms with Gasteiger partial charge in [0, 0.05) is 24.7 Å². The fourth-order valence-corrected chi connectivity index (χ4v) is 2.04. The molecule has 0 saturated carbocycles. The molecule has 3 amide bonds. The average Bonchev–Trinajstić information content (AvgIpc) is 2.52. The quantitative estimate of drug-likeness (QED) is 0.575. The maximum Gasteiger partial charge on any atom is 0.312 e. The van der Waals surface area contributed by atoms with Crippen molar-refractivity contribution in [3.8, 4) is 11.5 Å². The molecule has 4 N–H and O–H groups in total. The third kappa shape index (κ3) is 7.39. The van der Waals surface area contributed by atoms with Gasteiger partial charge in [-0.05, 0) is 31.9 Å². The van der Waals surface area contributed by atoms with Crippen LogP contribution in [0.1, 0.15) is 32.6 Å². The molecule has 0 atom stereocenters. The lowest BCUT2D eigenvalue weighted by Gasteiger charge is -2.11. The van der Waals surface area contributed by atoms with Crippen molar-refractivity contribution >= 4 is 17.6 Å². The van der Waals surface area contributed by atoms with Crippen LogP contribution in [0.4, 0.5) is 10.5 Å². The molecule has 0 aromatic heterocycles. The summed E-state index contributed by atoms with van der Waals surface area (Å²) in [4.78, 5) is 22.4. The van der Waals surface area contributed by atoms with E-state index >= 15 is 0 Å². The van der Waals surface area contributed by atoms with E-state index < -0.39 is 6.03 Å². The zero-order chi connectivity index (χ0) is 17.1. The number of hydrogen-bond donors (Lipinski definition) is 3. The lowest BCUT2D eigenvalue weighted by molar-refractivity contribution is -0.116. The molecule has 0 spiro atoms. The Labute approximate surface area is 136 Å². The van der Waals surface area contributed by atoms with Crippen molar-refractivity contribution in [2.45, 2.75) is 32.6 Å². The maximum atomic E-state index is 11.9. The van der Waals surface area contributed by atoms with E-state index in [1.54, 1.807) is 25.3 Å². The van der Waals surface area contributed by atoms with Gasteiger partial charge >= 0.3 is 6.03 Å². The molecule has 7 heteroatoms. The monoisotopic (exact) mass is 323 g/mol. The SMILES string of the molecule is CCOc1ccc(NC(=O)CCCCCNC(N)=O)cc1OC. The Kier molecular flexibility index (Phi) is 8.34. The van der Waals surface area contributed by atoms with Crippen molar-refractivity contribution < 1.29 is 19.1 Å². The predicted molar refractivity (Wildman–Crippen MR) is 88.8 cm³/mol. The van der Waals surface area contributed by atoms with Crippen molar-refractivity contribution in [1.29, 1.82) is 0 Å². The molecule has 1 aromatic rings. The number of unbranched alkanes of at least 4 members (excludes halogenated alkanes) is 2. The lowest BCUT2D eigenvalue weighted by atomic mass is 10.2. The predicted octanol–water partition coefficient (Wildman–Crippen LogP) is 2.26. The summed E-state index contributed by atoms with van der Waals surface area (Å²) in [7, 11) is 1.56. The molecule has 0 saturated heterocycles. The largest absolute Gasteiger partial charge is 0.493 e. The molecule has 0 aliphatic carbocycles. The topological polar surface area (TPSA) is 103 Å². The summed E-state index contributed by atoms with van der Waals surface area (Å²) in [6.07, 6.45) is 2.82. The normalized spacial score (nSPS) is 10.0. The molecule has 0 unspecified atom stereocenters. The zero-order valence-electron chi connectivity index (χ0n) is 13.7. The van der Waals surface area contributed by atoms with Crippen LogP contribution in [0.3, 0.4) is 0 Å². The summed E-state index contributed by atoms with van der Waals surface area (Å²) in [5.41, 5.74) is 5.63. The van der Waals surface area contributed by atoms with Crippen LogP contribution >= 0.6 is 0 Å². The van der Waals surface area contributed by atoms with Gasteiger partial charge < -0.3 is 25.8 Å². The standard InChI is InChI=1S/C16H25N3O4/c1-3-23-13-9-8-12(11-14(13)22-2)19-15(20)7-5-4-6-10-18-16(17)21/h8-9,11H,3-7,10H2,1-2H3,(H,19,20)(H3,17,18,21). The van der Waals surface area contributed by atoms with E-state index in [-0.39, 0.29) is 5.91 Å². The highest BCUT2D eigenvalue weighted by Crippen LogP contribution is 2.30. The number of carbonyl (C=O) groups is 2. The van der Waals surface area contributed by atoms with Gasteiger partial charge in [-0.1, -0.05) is 6.42 Å². The van der Waals surface area contributed by atoms with E-state index in [9.17, 15) is 9.59 Å². The van der Waals surface area contributed by atoms with E-state index in [1.807, 2.05) is 6.92 Å². The molecule has 0 aliphatic rings. The van der Waals surface area contributed by atoms with Crippen molar-refractivity contribution in [2.24, 2.45) is 5.73 Å². The van der Waals surface area contributed by atoms with Crippen molar-refractivity contribution in [3.63, 3.8) is 0 Å². The van der Waals surface area contributed by atoms with Crippen LogP contribution in [-0.4, -0.2) is 32.2 Å². The molecule has 0 radical (unpaired) electrons. The number of urea groups is 1. The second-order valence-electron chi connectivity index (χ2n) is 4.95. The van der Waals surface area contributed by atoms with Crippen LogP contribution in [-0.2, 0) is 4.79 Å². The van der Waals surface area contributed by atoms with Gasteiger partial charge in [0.25, 0.3) is 0 Å². The Morgan fingerprint density at radius 3 is 2.61 bits per heavy atom. The first kappa shape index (κ1) is 18.6. The number of carbonyl (C=O) groups excluding carboxylic acids is 2. The van der Waals surface area contributed by atoms with E-state index in [2.05, 4.69) is 10.6 Å². The number of amides is 3. The van der Waals surface area contributed by atoms with E-state index in [1.165, 1.54) is 0 Å². The molecule has 7 nitrogen and oxygen atoms in total. The number of ether oxygens (including phenoxy) is 2. The highest BCUT2D eigenvalue weighted by molar-refractivity contribution is 5.91. The summed E-state index contributed by atoms with van der Waals surface area (Å²) >= 11 is 0. The first-order valence-corrected chi connectivity index (χ1v) is 7.70. The minimum atomic E-state index is -0.521. The molecular weight excluding hydrogens is 298 g/mol. The number of anilines is 1. The van der Waals surface area contributed by atoms with Crippen molar-refractivity contribution in [3.05, 3.63) is 18.2 Å². The Balaban J connectivity index is 2.35. The second-order valence-corrected chi connectivity index (χ2v) is 4.95. The number of hydrogen-bond acceptors (Lipinski definition) is 4. The molecule has 128 valence electrons. The number of nitrogens with two attached hydrogens (primary N) is 1. The maximum absolute atomic E-state index is 11.9. The number of benzene rings is 1. The molecule has 1 rings (SSSR count). The molecule has 0 aliphatic heterocycles. The molecule has 0 bridgehead atoms. The Hall–Kier alpha value is -2.44. The van der Waals surface area contributed by atoms with Gasteiger partial charge in [0.2, 0.25) is 5.91 Å². The van der Waals surface area contributed by atoms with Gasteiger partial charge in [0.15, 0.2) is 11.5 Å². The van der Waals surface area contributed by atoms with Crippen LogP contribution in [0.25, 0.3) is 0 Å². The number of nitrogens with one attached hydrogen (secondary N) is 2. The highest BCUT2D eigenvalue weighted by Gasteiger charge is 2.08. The first-order chi connectivity index (χ1) is 11.1. The molecular formula is C16H25N3O4. The molecule has 23 heavy (non-hydrogen) atoms. The minimum Gasteiger partial charge on any atom is -0.493 e. The first-order valence-electron chi connectivity index (χ1n) is 7.70. The average molecular weight is 323 g/mol. The third-order valence-corrected chi connectivity index (χ3v) is 3.13. The fourth-order valence-electron chi connectivity index (χ4n) is 2.04. The van der Waals surface area contributed by atoms with Crippen molar-refractivity contribution in [2.75, 3.05) is 25.6 Å². The summed E-state index contributed by atoms with van der Waals surface area (Å²) in [6.45, 7) is 2.98. The summed E-state index contributed by atoms with van der Waals surface area (Å²) in [5, 5.41) is 5.35. The van der Waals surface area contributed by atoms with Crippen LogP contribution < -0.4 is 25.8 Å². The highest BCUT2D eigenvalue weighted by atomic mass is 16.5.